The van der Waals surface area contributed by atoms with Crippen LogP contribution in [-0.4, -0.2) is 34.1 Å². The van der Waals surface area contributed by atoms with Crippen LogP contribution in [0.2, 0.25) is 0 Å². The third-order valence-corrected chi connectivity index (χ3v) is 2.18. The molecule has 0 heterocycles. The average molecular weight is 201 g/mol. The molecule has 0 saturated heterocycles. The number of nitrogens with zero attached hydrogens (tertiary/aromatic N) is 1. The summed E-state index contributed by atoms with van der Waals surface area (Å²) in [6.07, 6.45) is 0.600. The molecule has 3 heteroatoms. The number of hydrogen-bond donors (Lipinski definition) is 1. The van der Waals surface area contributed by atoms with Crippen molar-refractivity contribution in [2.45, 2.75) is 65.6 Å². The fourth-order valence-corrected chi connectivity index (χ4v) is 1.63. The highest BCUT2D eigenvalue weighted by molar-refractivity contribution is 5.76. The Morgan fingerprint density at radius 3 is 1.86 bits per heavy atom. The molecule has 0 rings (SSSR count). The highest BCUT2D eigenvalue weighted by atomic mass is 16.3. The lowest BCUT2D eigenvalue weighted by molar-refractivity contribution is -0.135. The van der Waals surface area contributed by atoms with Crippen LogP contribution in [0.3, 0.4) is 0 Å². The van der Waals surface area contributed by atoms with Gasteiger partial charge in [-0.2, -0.15) is 0 Å². The molecule has 0 aromatic carbocycles. The maximum atomic E-state index is 11.7. The lowest BCUT2D eigenvalue weighted by atomic mass is 10.1. The van der Waals surface area contributed by atoms with Crippen molar-refractivity contribution < 1.29 is 9.90 Å². The fourth-order valence-electron chi connectivity index (χ4n) is 1.63. The summed E-state index contributed by atoms with van der Waals surface area (Å²) in [7, 11) is 0. The van der Waals surface area contributed by atoms with Gasteiger partial charge in [0.1, 0.15) is 0 Å². The van der Waals surface area contributed by atoms with Crippen LogP contribution in [0.5, 0.6) is 0 Å². The van der Waals surface area contributed by atoms with Gasteiger partial charge in [-0.25, -0.2) is 0 Å². The van der Waals surface area contributed by atoms with E-state index < -0.39 is 0 Å². The fraction of sp³-hybridized carbons (Fsp3) is 0.909. The number of carbonyl (C=O) groups is 1. The first-order valence-electron chi connectivity index (χ1n) is 5.35. The molecule has 1 atom stereocenters. The van der Waals surface area contributed by atoms with Crippen LogP contribution in [0, 0.1) is 0 Å². The minimum absolute atomic E-state index is 0.135. The molecule has 0 aliphatic carbocycles. The second-order valence-corrected chi connectivity index (χ2v) is 4.38. The molecule has 1 amide bonds. The third kappa shape index (κ3) is 4.61. The summed E-state index contributed by atoms with van der Waals surface area (Å²) in [5.74, 6) is 0.135. The van der Waals surface area contributed by atoms with E-state index in [1.54, 1.807) is 6.92 Å². The highest BCUT2D eigenvalue weighted by Gasteiger charge is 2.19. The van der Waals surface area contributed by atoms with E-state index in [9.17, 15) is 4.79 Å². The van der Waals surface area contributed by atoms with Crippen molar-refractivity contribution in [1.82, 2.24) is 4.90 Å². The Kier molecular flexibility index (Phi) is 5.77. The topological polar surface area (TPSA) is 40.5 Å². The monoisotopic (exact) mass is 201 g/mol. The predicted molar refractivity (Wildman–Crippen MR) is 58.0 cm³/mol. The van der Waals surface area contributed by atoms with Gasteiger partial charge >= 0.3 is 0 Å². The summed E-state index contributed by atoms with van der Waals surface area (Å²) in [4.78, 5) is 13.6. The second-order valence-electron chi connectivity index (χ2n) is 4.38. The molecule has 0 spiro atoms. The van der Waals surface area contributed by atoms with Gasteiger partial charge in [0.25, 0.3) is 0 Å². The van der Waals surface area contributed by atoms with Crippen molar-refractivity contribution in [3.05, 3.63) is 0 Å². The minimum Gasteiger partial charge on any atom is -0.393 e. The molecular weight excluding hydrogens is 178 g/mol. The molecule has 3 nitrogen and oxygen atoms in total. The summed E-state index contributed by atoms with van der Waals surface area (Å²) in [5.41, 5.74) is 0. The van der Waals surface area contributed by atoms with Gasteiger partial charge in [-0.05, 0) is 41.0 Å². The molecular formula is C11H23NO2. The molecule has 0 bridgehead atoms. The maximum absolute atomic E-state index is 11.7. The first-order chi connectivity index (χ1) is 6.36. The van der Waals surface area contributed by atoms with Crippen LogP contribution in [0.25, 0.3) is 0 Å². The Morgan fingerprint density at radius 1 is 1.14 bits per heavy atom. The van der Waals surface area contributed by atoms with Gasteiger partial charge < -0.3 is 10.0 Å². The Labute approximate surface area is 87.1 Å². The van der Waals surface area contributed by atoms with E-state index in [0.717, 1.165) is 0 Å². The number of rotatable bonds is 5. The Balaban J connectivity index is 4.17. The van der Waals surface area contributed by atoms with E-state index in [4.69, 9.17) is 5.11 Å². The van der Waals surface area contributed by atoms with Crippen molar-refractivity contribution in [2.24, 2.45) is 0 Å². The zero-order chi connectivity index (χ0) is 11.3. The van der Waals surface area contributed by atoms with Gasteiger partial charge in [-0.15, -0.1) is 0 Å². The summed E-state index contributed by atoms with van der Waals surface area (Å²) in [6.45, 7) is 9.77. The van der Waals surface area contributed by atoms with Crippen LogP contribution in [0.15, 0.2) is 0 Å². The van der Waals surface area contributed by atoms with E-state index in [1.165, 1.54) is 0 Å². The van der Waals surface area contributed by atoms with Crippen LogP contribution < -0.4 is 0 Å². The lowest BCUT2D eigenvalue weighted by Gasteiger charge is -2.31. The zero-order valence-electron chi connectivity index (χ0n) is 9.95. The SMILES string of the molecule is CC(C)N(C(=O)CC[C@@H](C)O)C(C)C. The number of aliphatic hydroxyl groups excluding tert-OH is 1. The molecule has 0 unspecified atom stereocenters. The van der Waals surface area contributed by atoms with E-state index in [1.807, 2.05) is 32.6 Å². The van der Waals surface area contributed by atoms with Gasteiger partial charge in [-0.3, -0.25) is 4.79 Å². The molecule has 0 saturated carbocycles. The number of aliphatic hydroxyl groups is 1. The van der Waals surface area contributed by atoms with Gasteiger partial charge in [0.2, 0.25) is 5.91 Å². The summed E-state index contributed by atoms with van der Waals surface area (Å²) in [6, 6.07) is 0.466. The van der Waals surface area contributed by atoms with Gasteiger partial charge in [0, 0.05) is 18.5 Å². The molecule has 0 aromatic heterocycles. The van der Waals surface area contributed by atoms with Crippen LogP contribution in [0.1, 0.15) is 47.5 Å². The van der Waals surface area contributed by atoms with Crippen molar-refractivity contribution in [3.63, 3.8) is 0 Å². The van der Waals surface area contributed by atoms with Crippen LogP contribution >= 0.6 is 0 Å². The molecule has 84 valence electrons. The predicted octanol–water partition coefficient (Wildman–Crippen LogP) is 1.79. The highest BCUT2D eigenvalue weighted by Crippen LogP contribution is 2.09. The van der Waals surface area contributed by atoms with E-state index >= 15 is 0 Å². The normalized spacial score (nSPS) is 13.4. The van der Waals surface area contributed by atoms with Crippen LogP contribution in [0.4, 0.5) is 0 Å². The Morgan fingerprint density at radius 2 is 1.57 bits per heavy atom. The molecule has 0 fully saturated rings. The van der Waals surface area contributed by atoms with Crippen molar-refractivity contribution >= 4 is 5.91 Å². The summed E-state index contributed by atoms with van der Waals surface area (Å²) >= 11 is 0. The quantitative estimate of drug-likeness (QED) is 0.736. The lowest BCUT2D eigenvalue weighted by Crippen LogP contribution is -2.42. The zero-order valence-corrected chi connectivity index (χ0v) is 9.95. The molecule has 0 radical (unpaired) electrons. The Hall–Kier alpha value is -0.570. The van der Waals surface area contributed by atoms with E-state index in [0.29, 0.717) is 12.8 Å². The van der Waals surface area contributed by atoms with Gasteiger partial charge in [0.15, 0.2) is 0 Å². The first kappa shape index (κ1) is 13.4. The molecule has 14 heavy (non-hydrogen) atoms. The third-order valence-electron chi connectivity index (χ3n) is 2.18. The molecule has 1 N–H and O–H groups in total. The van der Waals surface area contributed by atoms with Gasteiger partial charge in [-0.1, -0.05) is 0 Å². The van der Waals surface area contributed by atoms with Crippen molar-refractivity contribution in [2.75, 3.05) is 0 Å². The summed E-state index contributed by atoms with van der Waals surface area (Å²) in [5, 5.41) is 9.09. The standard InChI is InChI=1S/C11H23NO2/c1-8(2)12(9(3)4)11(14)7-6-10(5)13/h8-10,13H,6-7H2,1-5H3/t10-/m1/s1. The molecule has 0 aliphatic rings. The summed E-state index contributed by atoms with van der Waals surface area (Å²) < 4.78 is 0. The van der Waals surface area contributed by atoms with E-state index in [-0.39, 0.29) is 24.1 Å². The first-order valence-corrected chi connectivity index (χ1v) is 5.35. The van der Waals surface area contributed by atoms with Crippen LogP contribution in [-0.2, 0) is 4.79 Å². The minimum atomic E-state index is -0.389. The largest absolute Gasteiger partial charge is 0.393 e. The number of carbonyl (C=O) groups excluding carboxylic acids is 1. The maximum Gasteiger partial charge on any atom is 0.223 e. The van der Waals surface area contributed by atoms with E-state index in [2.05, 4.69) is 0 Å². The smallest absolute Gasteiger partial charge is 0.223 e. The Bertz CT molecular complexity index is 168. The number of amides is 1. The number of hydrogen-bond acceptors (Lipinski definition) is 2. The van der Waals surface area contributed by atoms with Crippen molar-refractivity contribution in [1.29, 1.82) is 0 Å². The molecule has 0 aromatic rings. The molecule has 0 aliphatic heterocycles. The van der Waals surface area contributed by atoms with Gasteiger partial charge in [0.05, 0.1) is 6.10 Å². The second kappa shape index (κ2) is 6.02. The van der Waals surface area contributed by atoms with Crippen molar-refractivity contribution in [3.8, 4) is 0 Å². The average Bonchev–Trinajstić information content (AvgIpc) is 1.99.